The molecule has 1 aromatic carbocycles. The lowest BCUT2D eigenvalue weighted by atomic mass is 10.0. The van der Waals surface area contributed by atoms with Gasteiger partial charge in [-0.2, -0.15) is 0 Å². The minimum Gasteiger partial charge on any atom is -0.326 e. The van der Waals surface area contributed by atoms with E-state index < -0.39 is 0 Å². The molecule has 0 radical (unpaired) electrons. The van der Waals surface area contributed by atoms with Crippen LogP contribution in [0.3, 0.4) is 0 Å². The van der Waals surface area contributed by atoms with Crippen LogP contribution in [-0.2, 0) is 6.42 Å². The van der Waals surface area contributed by atoms with Crippen molar-refractivity contribution in [1.29, 1.82) is 0 Å². The van der Waals surface area contributed by atoms with Crippen LogP contribution < -0.4 is 5.73 Å². The van der Waals surface area contributed by atoms with Crippen LogP contribution >= 0.6 is 0 Å². The van der Waals surface area contributed by atoms with E-state index in [1.165, 1.54) is 18.4 Å². The smallest absolute Gasteiger partial charge is 0.0208 e. The predicted octanol–water partition coefficient (Wildman–Crippen LogP) is 3.70. The molecule has 0 bridgehead atoms. The highest BCUT2D eigenvalue weighted by Gasteiger charge is 2.19. The number of hydrogen-bond donors (Lipinski definition) is 1. The van der Waals surface area contributed by atoms with Crippen molar-refractivity contribution in [2.45, 2.75) is 59.0 Å². The molecule has 0 aliphatic heterocycles. The first-order valence-electron chi connectivity index (χ1n) is 8.10. The van der Waals surface area contributed by atoms with Crippen LogP contribution in [0.5, 0.6) is 0 Å². The van der Waals surface area contributed by atoms with Gasteiger partial charge in [-0.05, 0) is 30.7 Å². The molecule has 1 aromatic rings. The highest BCUT2D eigenvalue weighted by Crippen LogP contribution is 2.13. The quantitative estimate of drug-likeness (QED) is 0.745. The lowest BCUT2D eigenvalue weighted by Gasteiger charge is -2.34. The fourth-order valence-electron chi connectivity index (χ4n) is 2.93. The Bertz CT molecular complexity index is 344. The summed E-state index contributed by atoms with van der Waals surface area (Å²) in [6.07, 6.45) is 3.39. The maximum absolute atomic E-state index is 6.39. The van der Waals surface area contributed by atoms with Gasteiger partial charge in [0.05, 0.1) is 0 Å². The average Bonchev–Trinajstić information content (AvgIpc) is 2.40. The first kappa shape index (κ1) is 17.2. The first-order chi connectivity index (χ1) is 9.56. The minimum atomic E-state index is 0.219. The third kappa shape index (κ3) is 6.06. The molecule has 0 fully saturated rings. The van der Waals surface area contributed by atoms with E-state index in [0.29, 0.717) is 12.0 Å². The largest absolute Gasteiger partial charge is 0.326 e. The lowest BCUT2D eigenvalue weighted by Crippen LogP contribution is -2.45. The number of benzene rings is 1. The van der Waals surface area contributed by atoms with Gasteiger partial charge in [-0.25, -0.2) is 0 Å². The van der Waals surface area contributed by atoms with E-state index in [1.54, 1.807) is 0 Å². The Morgan fingerprint density at radius 3 is 2.10 bits per heavy atom. The van der Waals surface area contributed by atoms with Crippen LogP contribution in [0.1, 0.15) is 46.1 Å². The third-order valence-corrected chi connectivity index (χ3v) is 3.87. The van der Waals surface area contributed by atoms with Crippen LogP contribution in [0, 0.1) is 5.92 Å². The van der Waals surface area contributed by atoms with Crippen molar-refractivity contribution in [3.05, 3.63) is 35.9 Å². The molecular formula is C18H32N2. The van der Waals surface area contributed by atoms with Crippen LogP contribution in [0.15, 0.2) is 30.3 Å². The molecule has 0 aliphatic rings. The molecular weight excluding hydrogens is 244 g/mol. The van der Waals surface area contributed by atoms with E-state index >= 15 is 0 Å². The zero-order chi connectivity index (χ0) is 15.0. The number of hydrogen-bond acceptors (Lipinski definition) is 2. The van der Waals surface area contributed by atoms with Crippen molar-refractivity contribution in [2.75, 3.05) is 13.1 Å². The average molecular weight is 276 g/mol. The summed E-state index contributed by atoms with van der Waals surface area (Å²) in [5.41, 5.74) is 7.73. The second-order valence-electron chi connectivity index (χ2n) is 6.27. The summed E-state index contributed by atoms with van der Waals surface area (Å²) >= 11 is 0. The van der Waals surface area contributed by atoms with Gasteiger partial charge in [0.25, 0.3) is 0 Å². The summed E-state index contributed by atoms with van der Waals surface area (Å²) < 4.78 is 0. The third-order valence-electron chi connectivity index (χ3n) is 3.87. The Labute approximate surface area is 125 Å². The second kappa shape index (κ2) is 9.15. The van der Waals surface area contributed by atoms with Crippen molar-refractivity contribution < 1.29 is 0 Å². The topological polar surface area (TPSA) is 29.3 Å². The van der Waals surface area contributed by atoms with Crippen LogP contribution in [0.4, 0.5) is 0 Å². The first-order valence-corrected chi connectivity index (χ1v) is 8.10. The monoisotopic (exact) mass is 276 g/mol. The summed E-state index contributed by atoms with van der Waals surface area (Å²) in [7, 11) is 0. The molecule has 114 valence electrons. The Hall–Kier alpha value is -0.860. The van der Waals surface area contributed by atoms with E-state index in [-0.39, 0.29) is 6.04 Å². The Morgan fingerprint density at radius 1 is 1.00 bits per heavy atom. The molecule has 1 unspecified atom stereocenters. The summed E-state index contributed by atoms with van der Waals surface area (Å²) in [6.45, 7) is 11.3. The molecule has 0 heterocycles. The molecule has 1 rings (SSSR count). The van der Waals surface area contributed by atoms with E-state index in [4.69, 9.17) is 5.73 Å². The van der Waals surface area contributed by atoms with Crippen molar-refractivity contribution in [1.82, 2.24) is 4.90 Å². The maximum Gasteiger partial charge on any atom is 0.0208 e. The van der Waals surface area contributed by atoms with Crippen molar-refractivity contribution >= 4 is 0 Å². The van der Waals surface area contributed by atoms with Crippen molar-refractivity contribution in [3.8, 4) is 0 Å². The van der Waals surface area contributed by atoms with E-state index in [9.17, 15) is 0 Å². The molecule has 1 atom stereocenters. The fraction of sp³-hybridized carbons (Fsp3) is 0.667. The van der Waals surface area contributed by atoms with Crippen LogP contribution in [0.2, 0.25) is 0 Å². The van der Waals surface area contributed by atoms with Gasteiger partial charge < -0.3 is 5.73 Å². The maximum atomic E-state index is 6.39. The SMILES string of the molecule is CCC(CC)N(CC(C)C)CC(N)Cc1ccccc1. The number of nitrogens with two attached hydrogens (primary N) is 1. The molecule has 2 heteroatoms. The highest BCUT2D eigenvalue weighted by atomic mass is 15.2. The summed E-state index contributed by atoms with van der Waals surface area (Å²) in [6, 6.07) is 11.5. The van der Waals surface area contributed by atoms with E-state index in [2.05, 4.69) is 62.9 Å². The van der Waals surface area contributed by atoms with Gasteiger partial charge in [0.2, 0.25) is 0 Å². The van der Waals surface area contributed by atoms with Gasteiger partial charge in [-0.15, -0.1) is 0 Å². The van der Waals surface area contributed by atoms with Gasteiger partial charge in [-0.3, -0.25) is 4.90 Å². The lowest BCUT2D eigenvalue weighted by molar-refractivity contribution is 0.156. The zero-order valence-corrected chi connectivity index (χ0v) is 13.7. The Morgan fingerprint density at radius 2 is 1.60 bits per heavy atom. The summed E-state index contributed by atoms with van der Waals surface area (Å²) in [5.74, 6) is 0.694. The summed E-state index contributed by atoms with van der Waals surface area (Å²) in [5, 5.41) is 0. The van der Waals surface area contributed by atoms with Crippen LogP contribution in [-0.4, -0.2) is 30.1 Å². The van der Waals surface area contributed by atoms with Gasteiger partial charge in [-0.1, -0.05) is 58.0 Å². The van der Waals surface area contributed by atoms with Crippen molar-refractivity contribution in [3.63, 3.8) is 0 Å². The van der Waals surface area contributed by atoms with Gasteiger partial charge in [0.1, 0.15) is 0 Å². The molecule has 20 heavy (non-hydrogen) atoms. The van der Waals surface area contributed by atoms with Gasteiger partial charge in [0.15, 0.2) is 0 Å². The molecule has 0 amide bonds. The van der Waals surface area contributed by atoms with Gasteiger partial charge in [0, 0.05) is 25.2 Å². The Balaban J connectivity index is 2.59. The van der Waals surface area contributed by atoms with Gasteiger partial charge >= 0.3 is 0 Å². The normalized spacial score (nSPS) is 13.4. The van der Waals surface area contributed by atoms with E-state index in [1.807, 2.05) is 0 Å². The standard InChI is InChI=1S/C18H32N2/c1-5-18(6-2)20(13-15(3)4)14-17(19)12-16-10-8-7-9-11-16/h7-11,15,17-18H,5-6,12-14,19H2,1-4H3. The minimum absolute atomic E-state index is 0.219. The van der Waals surface area contributed by atoms with Crippen molar-refractivity contribution in [2.24, 2.45) is 11.7 Å². The fourth-order valence-corrected chi connectivity index (χ4v) is 2.93. The molecule has 2 N–H and O–H groups in total. The van der Waals surface area contributed by atoms with Crippen LogP contribution in [0.25, 0.3) is 0 Å². The zero-order valence-electron chi connectivity index (χ0n) is 13.7. The number of nitrogens with zero attached hydrogens (tertiary/aromatic N) is 1. The molecule has 0 saturated heterocycles. The number of rotatable bonds is 9. The highest BCUT2D eigenvalue weighted by molar-refractivity contribution is 5.15. The summed E-state index contributed by atoms with van der Waals surface area (Å²) in [4.78, 5) is 2.60. The molecule has 0 aromatic heterocycles. The molecule has 2 nitrogen and oxygen atoms in total. The molecule has 0 aliphatic carbocycles. The van der Waals surface area contributed by atoms with E-state index in [0.717, 1.165) is 19.5 Å². The molecule has 0 saturated carbocycles. The second-order valence-corrected chi connectivity index (χ2v) is 6.27. The Kier molecular flexibility index (Phi) is 7.86. The predicted molar refractivity (Wildman–Crippen MR) is 88.9 cm³/mol. The molecule has 0 spiro atoms.